The molecule has 2 fully saturated rings. The van der Waals surface area contributed by atoms with Crippen LogP contribution in [0.1, 0.15) is 25.7 Å². The molecule has 2 atom stereocenters. The Morgan fingerprint density at radius 2 is 1.96 bits per heavy atom. The summed E-state index contributed by atoms with van der Waals surface area (Å²) in [6, 6.07) is 2.02. The number of amides is 1. The summed E-state index contributed by atoms with van der Waals surface area (Å²) in [5.74, 6) is 0.619. The predicted molar refractivity (Wildman–Crippen MR) is 85.7 cm³/mol. The van der Waals surface area contributed by atoms with Crippen molar-refractivity contribution in [3.05, 3.63) is 23.6 Å². The van der Waals surface area contributed by atoms with E-state index in [0.717, 1.165) is 25.7 Å². The summed E-state index contributed by atoms with van der Waals surface area (Å²) in [5.41, 5.74) is 1.38. The number of hydrogen-bond acceptors (Lipinski definition) is 5. The van der Waals surface area contributed by atoms with E-state index in [1.807, 2.05) is 0 Å². The van der Waals surface area contributed by atoms with E-state index in [1.165, 1.54) is 0 Å². The van der Waals surface area contributed by atoms with Gasteiger partial charge in [0.25, 0.3) is 0 Å². The normalized spacial score (nSPS) is 26.5. The first-order chi connectivity index (χ1) is 11.1. The summed E-state index contributed by atoms with van der Waals surface area (Å²) in [7, 11) is 0. The quantitative estimate of drug-likeness (QED) is 0.821. The molecule has 4 heterocycles. The van der Waals surface area contributed by atoms with Gasteiger partial charge in [0, 0.05) is 36.6 Å². The zero-order chi connectivity index (χ0) is 16.0. The maximum absolute atomic E-state index is 11.4. The van der Waals surface area contributed by atoms with Crippen molar-refractivity contribution in [1.29, 1.82) is 0 Å². The van der Waals surface area contributed by atoms with Gasteiger partial charge in [-0.1, -0.05) is 11.6 Å². The van der Waals surface area contributed by atoms with Gasteiger partial charge in [-0.2, -0.15) is 0 Å². The number of pyridine rings is 1. The molecule has 7 nitrogen and oxygen atoms in total. The Balaban J connectivity index is 1.59. The van der Waals surface area contributed by atoms with Gasteiger partial charge in [0.15, 0.2) is 5.82 Å². The van der Waals surface area contributed by atoms with Crippen LogP contribution in [0.3, 0.4) is 0 Å². The first kappa shape index (κ1) is 14.4. The zero-order valence-electron chi connectivity index (χ0n) is 12.3. The molecule has 0 saturated carbocycles. The predicted octanol–water partition coefficient (Wildman–Crippen LogP) is 2.76. The Morgan fingerprint density at radius 3 is 2.65 bits per heavy atom. The van der Waals surface area contributed by atoms with Crippen molar-refractivity contribution in [2.75, 3.05) is 5.32 Å². The molecule has 0 spiro atoms. The van der Waals surface area contributed by atoms with Gasteiger partial charge in [-0.15, -0.1) is 0 Å². The minimum atomic E-state index is -0.812. The van der Waals surface area contributed by atoms with Gasteiger partial charge < -0.3 is 15.3 Å². The highest BCUT2D eigenvalue weighted by Gasteiger charge is 2.43. The number of hydrogen-bond donors (Lipinski definition) is 2. The number of halogens is 1. The monoisotopic (exact) mass is 333 g/mol. The van der Waals surface area contributed by atoms with Crippen LogP contribution in [0.2, 0.25) is 5.15 Å². The largest absolute Gasteiger partial charge is 0.465 e. The molecule has 0 aliphatic carbocycles. The Labute approximate surface area is 137 Å². The second-order valence-electron chi connectivity index (χ2n) is 6.11. The molecule has 8 heteroatoms. The molecule has 2 unspecified atom stereocenters. The number of nitrogens with one attached hydrogen (secondary N) is 1. The molecular weight excluding hydrogens is 318 g/mol. The van der Waals surface area contributed by atoms with Crippen LogP contribution in [0.4, 0.5) is 10.6 Å². The lowest BCUT2D eigenvalue weighted by molar-refractivity contribution is 0.0994. The Bertz CT molecular complexity index is 757. The molecule has 2 N–H and O–H groups in total. The summed E-state index contributed by atoms with van der Waals surface area (Å²) in [5, 5.41) is 13.1. The van der Waals surface area contributed by atoms with Crippen LogP contribution in [-0.4, -0.2) is 49.2 Å². The molecule has 0 aromatic carbocycles. The van der Waals surface area contributed by atoms with Gasteiger partial charge in [-0.3, -0.25) is 4.98 Å². The lowest BCUT2D eigenvalue weighted by Crippen LogP contribution is -2.49. The highest BCUT2D eigenvalue weighted by Crippen LogP contribution is 2.37. The third kappa shape index (κ3) is 2.55. The molecule has 2 aromatic rings. The SMILES string of the molecule is O=C(O)N1C2CCC1CC(Nc1nc(Cl)cc3nccnc13)C2. The van der Waals surface area contributed by atoms with Gasteiger partial charge >= 0.3 is 6.09 Å². The minimum absolute atomic E-state index is 0.0836. The van der Waals surface area contributed by atoms with Crippen LogP contribution in [0.25, 0.3) is 11.0 Å². The molecule has 2 bridgehead atoms. The van der Waals surface area contributed by atoms with Crippen LogP contribution in [0.5, 0.6) is 0 Å². The fourth-order valence-corrected chi connectivity index (χ4v) is 4.03. The number of carboxylic acid groups (broad SMARTS) is 1. The van der Waals surface area contributed by atoms with E-state index >= 15 is 0 Å². The van der Waals surface area contributed by atoms with Crippen molar-refractivity contribution in [1.82, 2.24) is 19.9 Å². The third-order valence-corrected chi connectivity index (χ3v) is 4.91. The second-order valence-corrected chi connectivity index (χ2v) is 6.49. The number of fused-ring (bicyclic) bond motifs is 3. The smallest absolute Gasteiger partial charge is 0.407 e. The van der Waals surface area contributed by atoms with E-state index in [4.69, 9.17) is 11.6 Å². The highest BCUT2D eigenvalue weighted by atomic mass is 35.5. The third-order valence-electron chi connectivity index (χ3n) is 4.72. The molecule has 2 aliphatic rings. The lowest BCUT2D eigenvalue weighted by atomic mass is 9.98. The van der Waals surface area contributed by atoms with Crippen molar-refractivity contribution >= 4 is 34.5 Å². The van der Waals surface area contributed by atoms with Gasteiger partial charge in [0.2, 0.25) is 0 Å². The topological polar surface area (TPSA) is 91.2 Å². The Kier molecular flexibility index (Phi) is 3.45. The first-order valence-electron chi connectivity index (χ1n) is 7.67. The number of nitrogens with zero attached hydrogens (tertiary/aromatic N) is 4. The second kappa shape index (κ2) is 5.49. The summed E-state index contributed by atoms with van der Waals surface area (Å²) in [4.78, 5) is 25.9. The van der Waals surface area contributed by atoms with Gasteiger partial charge in [-0.25, -0.2) is 14.8 Å². The van der Waals surface area contributed by atoms with Crippen molar-refractivity contribution in [3.63, 3.8) is 0 Å². The lowest BCUT2D eigenvalue weighted by Gasteiger charge is -2.37. The van der Waals surface area contributed by atoms with E-state index in [0.29, 0.717) is 22.0 Å². The van der Waals surface area contributed by atoms with Crippen LogP contribution in [0, 0.1) is 0 Å². The molecule has 4 rings (SSSR count). The summed E-state index contributed by atoms with van der Waals surface area (Å²) in [6.07, 6.45) is 5.84. The summed E-state index contributed by atoms with van der Waals surface area (Å²) < 4.78 is 0. The van der Waals surface area contributed by atoms with Gasteiger partial charge in [-0.05, 0) is 25.7 Å². The van der Waals surface area contributed by atoms with Crippen LogP contribution in [0.15, 0.2) is 18.5 Å². The maximum Gasteiger partial charge on any atom is 0.407 e. The molecular formula is C15H16ClN5O2. The standard InChI is InChI=1S/C15H16ClN5O2/c16-12-7-11-13(18-4-3-17-11)14(20-12)19-8-5-9-1-2-10(6-8)21(9)15(22)23/h3-4,7-10H,1-2,5-6H2,(H,19,20)(H,22,23). The van der Waals surface area contributed by atoms with Crippen molar-refractivity contribution < 1.29 is 9.90 Å². The molecule has 0 radical (unpaired) electrons. The zero-order valence-corrected chi connectivity index (χ0v) is 13.1. The van der Waals surface area contributed by atoms with Crippen molar-refractivity contribution in [2.45, 2.75) is 43.8 Å². The number of carbonyl (C=O) groups is 1. The van der Waals surface area contributed by atoms with Crippen LogP contribution in [-0.2, 0) is 0 Å². The van der Waals surface area contributed by atoms with Crippen molar-refractivity contribution in [2.24, 2.45) is 0 Å². The van der Waals surface area contributed by atoms with Gasteiger partial charge in [0.1, 0.15) is 10.7 Å². The fraction of sp³-hybridized carbons (Fsp3) is 0.467. The number of rotatable bonds is 2. The molecule has 1 amide bonds. The van der Waals surface area contributed by atoms with E-state index in [9.17, 15) is 9.90 Å². The summed E-state index contributed by atoms with van der Waals surface area (Å²) in [6.45, 7) is 0. The Hall–Kier alpha value is -2.15. The average molecular weight is 334 g/mol. The van der Waals surface area contributed by atoms with Crippen LogP contribution >= 0.6 is 11.6 Å². The highest BCUT2D eigenvalue weighted by molar-refractivity contribution is 6.30. The fourth-order valence-electron chi connectivity index (χ4n) is 3.84. The average Bonchev–Trinajstić information content (AvgIpc) is 2.79. The number of aromatic nitrogens is 3. The molecule has 2 aliphatic heterocycles. The van der Waals surface area contributed by atoms with E-state index < -0.39 is 6.09 Å². The Morgan fingerprint density at radius 1 is 1.26 bits per heavy atom. The van der Waals surface area contributed by atoms with E-state index in [1.54, 1.807) is 23.4 Å². The molecule has 2 saturated heterocycles. The van der Waals surface area contributed by atoms with Crippen molar-refractivity contribution in [3.8, 4) is 0 Å². The number of anilines is 1. The van der Waals surface area contributed by atoms with E-state index in [2.05, 4.69) is 20.3 Å². The van der Waals surface area contributed by atoms with E-state index in [-0.39, 0.29) is 18.1 Å². The minimum Gasteiger partial charge on any atom is -0.465 e. The molecule has 2 aromatic heterocycles. The summed E-state index contributed by atoms with van der Waals surface area (Å²) >= 11 is 6.07. The first-order valence-corrected chi connectivity index (χ1v) is 8.04. The van der Waals surface area contributed by atoms with Crippen LogP contribution < -0.4 is 5.32 Å². The molecule has 120 valence electrons. The molecule has 23 heavy (non-hydrogen) atoms. The maximum atomic E-state index is 11.4. The number of piperidine rings is 1. The van der Waals surface area contributed by atoms with Gasteiger partial charge in [0.05, 0.1) is 5.52 Å².